The molecule has 0 saturated carbocycles. The molecule has 8 aromatic carbocycles. The first-order valence-corrected chi connectivity index (χ1v) is 18.7. The average Bonchev–Trinajstić information content (AvgIpc) is 3.61. The molecule has 256 valence electrons. The summed E-state index contributed by atoms with van der Waals surface area (Å²) >= 11 is 0. The van der Waals surface area contributed by atoms with Gasteiger partial charge in [-0.2, -0.15) is 0 Å². The van der Waals surface area contributed by atoms with Crippen molar-refractivity contribution in [3.63, 3.8) is 0 Å². The minimum Gasteiger partial charge on any atom is -0.456 e. The Morgan fingerprint density at radius 1 is 0.556 bits per heavy atom. The fraction of sp³-hybridized carbons (Fsp3) is 0.0800. The van der Waals surface area contributed by atoms with Crippen molar-refractivity contribution in [1.82, 2.24) is 5.32 Å². The maximum Gasteiger partial charge on any atom is 0.160 e. The van der Waals surface area contributed by atoms with Crippen molar-refractivity contribution in [3.8, 4) is 0 Å². The fourth-order valence-electron chi connectivity index (χ4n) is 8.64. The molecule has 0 spiro atoms. The number of hydrogen-bond acceptors (Lipinski definition) is 4. The molecule has 0 bridgehead atoms. The maximum atomic E-state index is 6.22. The van der Waals surface area contributed by atoms with Crippen molar-refractivity contribution in [2.45, 2.75) is 26.3 Å². The van der Waals surface area contributed by atoms with E-state index in [0.29, 0.717) is 0 Å². The number of aliphatic imine (C=N–C) groups is 2. The van der Waals surface area contributed by atoms with Gasteiger partial charge in [0.1, 0.15) is 11.2 Å². The van der Waals surface area contributed by atoms with Crippen molar-refractivity contribution in [2.24, 2.45) is 9.98 Å². The third-order valence-corrected chi connectivity index (χ3v) is 11.4. The summed E-state index contributed by atoms with van der Waals surface area (Å²) in [6.45, 7) is 3.06. The lowest BCUT2D eigenvalue weighted by Gasteiger charge is -2.19. The molecular weight excluding hydrogens is 659 g/mol. The number of nitrogens with zero attached hydrogens (tertiary/aromatic N) is 2. The minimum atomic E-state index is 0.726. The highest BCUT2D eigenvalue weighted by molar-refractivity contribution is 6.21. The van der Waals surface area contributed by atoms with Crippen LogP contribution in [0.2, 0.25) is 0 Å². The van der Waals surface area contributed by atoms with E-state index in [4.69, 9.17) is 14.4 Å². The molecule has 54 heavy (non-hydrogen) atoms. The van der Waals surface area contributed by atoms with E-state index in [1.807, 2.05) is 12.1 Å². The predicted octanol–water partition coefficient (Wildman–Crippen LogP) is 12.7. The van der Waals surface area contributed by atoms with Gasteiger partial charge in [0.05, 0.1) is 11.4 Å². The quantitative estimate of drug-likeness (QED) is 0.187. The lowest BCUT2D eigenvalue weighted by molar-refractivity contribution is 0.669. The van der Waals surface area contributed by atoms with Gasteiger partial charge in [-0.05, 0) is 122 Å². The number of furan rings is 1. The topological polar surface area (TPSA) is 49.9 Å². The molecule has 0 radical (unpaired) electrons. The van der Waals surface area contributed by atoms with Crippen molar-refractivity contribution in [1.29, 1.82) is 0 Å². The SMILES string of the molecule is C/C1=C(/c2cccc3ccccc23)N=C(c2ccc3ccc4ccc5c(c4c3c2)C=CNC5)N=C(c2ccc3c(ccc4oc5ccccc5c43)c2)CC1. The van der Waals surface area contributed by atoms with Crippen molar-refractivity contribution in [2.75, 3.05) is 0 Å². The van der Waals surface area contributed by atoms with E-state index < -0.39 is 0 Å². The van der Waals surface area contributed by atoms with Crippen LogP contribution in [-0.2, 0) is 6.54 Å². The second kappa shape index (κ2) is 12.1. The number of benzene rings is 8. The third-order valence-electron chi connectivity index (χ3n) is 11.4. The van der Waals surface area contributed by atoms with Crippen LogP contribution in [0.25, 0.3) is 76.8 Å². The molecule has 1 aromatic heterocycles. The van der Waals surface area contributed by atoms with Crippen LogP contribution in [-0.4, -0.2) is 11.5 Å². The van der Waals surface area contributed by atoms with Gasteiger partial charge in [0.15, 0.2) is 5.84 Å². The summed E-state index contributed by atoms with van der Waals surface area (Å²) in [6, 6.07) is 50.1. The highest BCUT2D eigenvalue weighted by Gasteiger charge is 2.20. The Labute approximate surface area is 312 Å². The molecular formula is C50H35N3O. The summed E-state index contributed by atoms with van der Waals surface area (Å²) in [5, 5.41) is 15.4. The summed E-state index contributed by atoms with van der Waals surface area (Å²) < 4.78 is 6.22. The largest absolute Gasteiger partial charge is 0.456 e. The first kappa shape index (κ1) is 30.8. The van der Waals surface area contributed by atoms with Crippen LogP contribution in [0.15, 0.2) is 166 Å². The molecule has 11 rings (SSSR count). The molecule has 0 fully saturated rings. The van der Waals surface area contributed by atoms with Crippen LogP contribution in [0.3, 0.4) is 0 Å². The smallest absolute Gasteiger partial charge is 0.160 e. The first-order valence-electron chi connectivity index (χ1n) is 18.7. The molecule has 1 N–H and O–H groups in total. The molecule has 0 aliphatic carbocycles. The zero-order valence-corrected chi connectivity index (χ0v) is 29.9. The van der Waals surface area contributed by atoms with Gasteiger partial charge >= 0.3 is 0 Å². The lowest BCUT2D eigenvalue weighted by atomic mass is 9.92. The van der Waals surface area contributed by atoms with E-state index >= 15 is 0 Å². The Bertz CT molecular complexity index is 3170. The van der Waals surface area contributed by atoms with E-state index in [9.17, 15) is 0 Å². The Kier molecular flexibility index (Phi) is 6.93. The van der Waals surface area contributed by atoms with Crippen LogP contribution < -0.4 is 5.32 Å². The number of nitrogens with one attached hydrogen (secondary N) is 1. The van der Waals surface area contributed by atoms with Crippen LogP contribution in [0, 0.1) is 0 Å². The van der Waals surface area contributed by atoms with Crippen molar-refractivity contribution < 1.29 is 4.42 Å². The van der Waals surface area contributed by atoms with Gasteiger partial charge in [-0.3, -0.25) is 0 Å². The maximum absolute atomic E-state index is 6.22. The van der Waals surface area contributed by atoms with Gasteiger partial charge in [0.25, 0.3) is 0 Å². The van der Waals surface area contributed by atoms with E-state index in [2.05, 4.69) is 152 Å². The van der Waals surface area contributed by atoms with Gasteiger partial charge in [-0.15, -0.1) is 0 Å². The standard InChI is InChI=1S/C50H35N3O/c1-30-13-23-44(35-20-22-39-34(27-35)21-24-46-48(39)42-10-4-5-12-45(42)54-46)52-50(53-49(30)41-11-6-8-31-7-2-3-9-38(31)41)36-18-15-32-14-16-33-17-19-37-29-51-26-25-40(37)47(33)43(32)28-36/h2-12,14-22,24-28,51H,13,23,29H2,1H3/b49-30+,52-44?,53-50?. The summed E-state index contributed by atoms with van der Waals surface area (Å²) in [7, 11) is 0. The summed E-state index contributed by atoms with van der Waals surface area (Å²) in [4.78, 5) is 11.1. The number of para-hydroxylation sites is 1. The van der Waals surface area contributed by atoms with Crippen LogP contribution in [0.4, 0.5) is 0 Å². The molecule has 0 unspecified atom stereocenters. The summed E-state index contributed by atoms with van der Waals surface area (Å²) in [5.41, 5.74) is 11.0. The molecule has 9 aromatic rings. The van der Waals surface area contributed by atoms with Gasteiger partial charge < -0.3 is 9.73 Å². The number of fused-ring (bicyclic) bond motifs is 11. The first-order chi connectivity index (χ1) is 26.7. The Morgan fingerprint density at radius 2 is 1.33 bits per heavy atom. The van der Waals surface area contributed by atoms with Gasteiger partial charge in [-0.1, -0.05) is 115 Å². The second-order valence-electron chi connectivity index (χ2n) is 14.6. The zero-order chi connectivity index (χ0) is 35.8. The Hall–Kier alpha value is -6.78. The number of amidine groups is 1. The number of allylic oxidation sites excluding steroid dienone is 1. The Balaban J connectivity index is 1.13. The van der Waals surface area contributed by atoms with Crippen LogP contribution in [0.5, 0.6) is 0 Å². The summed E-state index contributed by atoms with van der Waals surface area (Å²) in [6.07, 6.45) is 5.92. The van der Waals surface area contributed by atoms with Gasteiger partial charge in [-0.25, -0.2) is 9.98 Å². The Morgan fingerprint density at radius 3 is 2.30 bits per heavy atom. The predicted molar refractivity (Wildman–Crippen MR) is 227 cm³/mol. The third kappa shape index (κ3) is 4.91. The van der Waals surface area contributed by atoms with Gasteiger partial charge in [0.2, 0.25) is 0 Å². The molecule has 0 amide bonds. The number of hydrogen-bond donors (Lipinski definition) is 1. The van der Waals surface area contributed by atoms with Crippen LogP contribution in [0.1, 0.15) is 47.6 Å². The average molecular weight is 694 g/mol. The molecule has 2 aliphatic heterocycles. The number of rotatable bonds is 3. The monoisotopic (exact) mass is 693 g/mol. The molecule has 0 saturated heterocycles. The molecule has 4 nitrogen and oxygen atoms in total. The summed E-state index contributed by atoms with van der Waals surface area (Å²) in [5.74, 6) is 0.726. The minimum absolute atomic E-state index is 0.726. The zero-order valence-electron chi connectivity index (χ0n) is 29.9. The molecule has 4 heteroatoms. The van der Waals surface area contributed by atoms with E-state index in [0.717, 1.165) is 75.3 Å². The van der Waals surface area contributed by atoms with E-state index in [1.165, 1.54) is 59.8 Å². The molecule has 0 atom stereocenters. The fourth-order valence-corrected chi connectivity index (χ4v) is 8.64. The van der Waals surface area contributed by atoms with Crippen LogP contribution >= 0.6 is 0 Å². The van der Waals surface area contributed by atoms with E-state index in [-0.39, 0.29) is 0 Å². The van der Waals surface area contributed by atoms with Gasteiger partial charge in [0, 0.05) is 28.4 Å². The van der Waals surface area contributed by atoms with Crippen molar-refractivity contribution >= 4 is 88.3 Å². The molecule has 2 aliphatic rings. The second-order valence-corrected chi connectivity index (χ2v) is 14.6. The highest BCUT2D eigenvalue weighted by Crippen LogP contribution is 2.38. The lowest BCUT2D eigenvalue weighted by Crippen LogP contribution is -2.11. The normalized spacial score (nSPS) is 16.1. The van der Waals surface area contributed by atoms with Crippen molar-refractivity contribution in [3.05, 3.63) is 179 Å². The van der Waals surface area contributed by atoms with E-state index in [1.54, 1.807) is 0 Å². The highest BCUT2D eigenvalue weighted by atomic mass is 16.3. The molecule has 3 heterocycles.